The summed E-state index contributed by atoms with van der Waals surface area (Å²) in [6.07, 6.45) is 0. The van der Waals surface area contributed by atoms with Crippen LogP contribution in [0.1, 0.15) is 21.6 Å². The van der Waals surface area contributed by atoms with Crippen molar-refractivity contribution in [3.05, 3.63) is 112 Å². The molecule has 0 spiro atoms. The van der Waals surface area contributed by atoms with E-state index in [9.17, 15) is 9.59 Å². The summed E-state index contributed by atoms with van der Waals surface area (Å²) in [7, 11) is 3.08. The number of carbonyl (C=O) groups is 1. The van der Waals surface area contributed by atoms with Gasteiger partial charge in [-0.05, 0) is 55.0 Å². The van der Waals surface area contributed by atoms with E-state index in [4.69, 9.17) is 9.47 Å². The average Bonchev–Trinajstić information content (AvgIpc) is 2.96. The van der Waals surface area contributed by atoms with Gasteiger partial charge in [0.25, 0.3) is 11.5 Å². The standard InChI is InChI=1S/C30H27N5O4/c1-19-24-14-16-27(36)35(28(24)34-30(32-19)31-18-20-7-5-4-6-8-20)23-12-9-21(10-13-23)29(37)33-22-11-15-25(38-2)26(17-22)39-3/h4-17H,18H2,1-3H3,(H,33,37)(H,31,32,34). The van der Waals surface area contributed by atoms with Crippen molar-refractivity contribution in [2.45, 2.75) is 13.5 Å². The van der Waals surface area contributed by atoms with Crippen LogP contribution in [0, 0.1) is 6.92 Å². The van der Waals surface area contributed by atoms with E-state index in [0.717, 1.165) is 16.6 Å². The van der Waals surface area contributed by atoms with Gasteiger partial charge in [0.05, 0.1) is 25.6 Å². The van der Waals surface area contributed by atoms with E-state index in [2.05, 4.69) is 20.6 Å². The molecule has 0 unspecified atom stereocenters. The van der Waals surface area contributed by atoms with Crippen molar-refractivity contribution in [2.24, 2.45) is 0 Å². The number of benzene rings is 3. The molecule has 0 saturated carbocycles. The first-order valence-electron chi connectivity index (χ1n) is 12.3. The summed E-state index contributed by atoms with van der Waals surface area (Å²) >= 11 is 0. The maximum atomic E-state index is 13.0. The predicted molar refractivity (Wildman–Crippen MR) is 151 cm³/mol. The second-order valence-corrected chi connectivity index (χ2v) is 8.79. The summed E-state index contributed by atoms with van der Waals surface area (Å²) in [4.78, 5) is 35.1. The summed E-state index contributed by atoms with van der Waals surface area (Å²) in [6, 6.07) is 25.1. The van der Waals surface area contributed by atoms with Crippen LogP contribution in [0.4, 0.5) is 11.6 Å². The fraction of sp³-hybridized carbons (Fsp3) is 0.133. The highest BCUT2D eigenvalue weighted by molar-refractivity contribution is 6.04. The number of hydrogen-bond donors (Lipinski definition) is 2. The third-order valence-electron chi connectivity index (χ3n) is 6.26. The van der Waals surface area contributed by atoms with Gasteiger partial charge in [0.15, 0.2) is 17.1 Å². The topological polar surface area (TPSA) is 107 Å². The molecule has 2 aromatic heterocycles. The van der Waals surface area contributed by atoms with E-state index in [1.165, 1.54) is 17.7 Å². The molecule has 5 rings (SSSR count). The molecule has 2 N–H and O–H groups in total. The molecule has 2 heterocycles. The maximum absolute atomic E-state index is 13.0. The predicted octanol–water partition coefficient (Wildman–Crippen LogP) is 4.97. The molecule has 1 amide bonds. The fourth-order valence-corrected chi connectivity index (χ4v) is 4.25. The molecule has 3 aromatic carbocycles. The number of rotatable bonds is 8. The number of aryl methyl sites for hydroxylation is 1. The second-order valence-electron chi connectivity index (χ2n) is 8.79. The normalized spacial score (nSPS) is 10.7. The molecule has 0 radical (unpaired) electrons. The van der Waals surface area contributed by atoms with Gasteiger partial charge in [-0.25, -0.2) is 4.98 Å². The minimum absolute atomic E-state index is 0.239. The van der Waals surface area contributed by atoms with Crippen LogP contribution < -0.4 is 25.7 Å². The van der Waals surface area contributed by atoms with Crippen LogP contribution in [0.2, 0.25) is 0 Å². The molecule has 0 saturated heterocycles. The molecular formula is C30H27N5O4. The quantitative estimate of drug-likeness (QED) is 0.297. The SMILES string of the molecule is COc1ccc(NC(=O)c2ccc(-n3c(=O)ccc4c(C)nc(NCc5ccccc5)nc43)cc2)cc1OC. The number of anilines is 2. The van der Waals surface area contributed by atoms with E-state index in [1.54, 1.807) is 55.6 Å². The Bertz CT molecular complexity index is 1700. The lowest BCUT2D eigenvalue weighted by atomic mass is 10.1. The second kappa shape index (κ2) is 11.1. The molecule has 9 heteroatoms. The number of carbonyl (C=O) groups excluding carboxylic acids is 1. The molecule has 196 valence electrons. The van der Waals surface area contributed by atoms with Crippen molar-refractivity contribution in [1.29, 1.82) is 0 Å². The zero-order valence-electron chi connectivity index (χ0n) is 21.8. The Hall–Kier alpha value is -5.18. The van der Waals surface area contributed by atoms with E-state index < -0.39 is 0 Å². The van der Waals surface area contributed by atoms with Crippen molar-refractivity contribution in [3.63, 3.8) is 0 Å². The smallest absolute Gasteiger partial charge is 0.256 e. The lowest BCUT2D eigenvalue weighted by molar-refractivity contribution is 0.102. The van der Waals surface area contributed by atoms with Crippen molar-refractivity contribution in [2.75, 3.05) is 24.9 Å². The Morgan fingerprint density at radius 2 is 1.62 bits per heavy atom. The zero-order chi connectivity index (χ0) is 27.4. The Labute approximate surface area is 225 Å². The number of aromatic nitrogens is 3. The van der Waals surface area contributed by atoms with Gasteiger partial charge in [0.2, 0.25) is 5.95 Å². The van der Waals surface area contributed by atoms with E-state index in [-0.39, 0.29) is 11.5 Å². The first kappa shape index (κ1) is 25.5. The third-order valence-corrected chi connectivity index (χ3v) is 6.26. The number of hydrogen-bond acceptors (Lipinski definition) is 7. The molecular weight excluding hydrogens is 494 g/mol. The zero-order valence-corrected chi connectivity index (χ0v) is 21.8. The first-order valence-corrected chi connectivity index (χ1v) is 12.3. The lowest BCUT2D eigenvalue weighted by Gasteiger charge is -2.13. The van der Waals surface area contributed by atoms with E-state index in [1.807, 2.05) is 37.3 Å². The van der Waals surface area contributed by atoms with Gasteiger partial charge < -0.3 is 20.1 Å². The molecule has 0 aliphatic carbocycles. The molecule has 0 bridgehead atoms. The molecule has 5 aromatic rings. The minimum atomic E-state index is -0.301. The van der Waals surface area contributed by atoms with Crippen LogP contribution in [0.5, 0.6) is 11.5 Å². The number of pyridine rings is 1. The summed E-state index contributed by atoms with van der Waals surface area (Å²) in [5.41, 5.74) is 3.65. The van der Waals surface area contributed by atoms with Gasteiger partial charge in [-0.1, -0.05) is 30.3 Å². The van der Waals surface area contributed by atoms with E-state index >= 15 is 0 Å². The minimum Gasteiger partial charge on any atom is -0.493 e. The molecule has 39 heavy (non-hydrogen) atoms. The number of amides is 1. The van der Waals surface area contributed by atoms with Gasteiger partial charge in [0, 0.05) is 35.3 Å². The largest absolute Gasteiger partial charge is 0.493 e. The van der Waals surface area contributed by atoms with Crippen LogP contribution in [-0.2, 0) is 6.54 Å². The lowest BCUT2D eigenvalue weighted by Crippen LogP contribution is -2.20. The maximum Gasteiger partial charge on any atom is 0.256 e. The number of ether oxygens (including phenoxy) is 2. The Kier molecular flexibility index (Phi) is 7.22. The summed E-state index contributed by atoms with van der Waals surface area (Å²) in [6.45, 7) is 2.43. The summed E-state index contributed by atoms with van der Waals surface area (Å²) < 4.78 is 12.1. The molecule has 0 aliphatic heterocycles. The van der Waals surface area contributed by atoms with Gasteiger partial charge in [-0.3, -0.25) is 14.2 Å². The van der Waals surface area contributed by atoms with Crippen LogP contribution >= 0.6 is 0 Å². The third kappa shape index (κ3) is 5.42. The summed E-state index contributed by atoms with van der Waals surface area (Å²) in [5, 5.41) is 6.86. The highest BCUT2D eigenvalue weighted by atomic mass is 16.5. The van der Waals surface area contributed by atoms with Gasteiger partial charge in [-0.15, -0.1) is 0 Å². The first-order chi connectivity index (χ1) is 19.0. The van der Waals surface area contributed by atoms with Gasteiger partial charge in [0.1, 0.15) is 0 Å². The highest BCUT2D eigenvalue weighted by Gasteiger charge is 2.14. The number of fused-ring (bicyclic) bond motifs is 1. The molecule has 0 fully saturated rings. The van der Waals surface area contributed by atoms with Crippen molar-refractivity contribution in [3.8, 4) is 17.2 Å². The fourth-order valence-electron chi connectivity index (χ4n) is 4.25. The van der Waals surface area contributed by atoms with Crippen molar-refractivity contribution < 1.29 is 14.3 Å². The molecule has 9 nitrogen and oxygen atoms in total. The van der Waals surface area contributed by atoms with Crippen molar-refractivity contribution in [1.82, 2.24) is 14.5 Å². The van der Waals surface area contributed by atoms with Crippen LogP contribution in [-0.4, -0.2) is 34.7 Å². The number of nitrogens with zero attached hydrogens (tertiary/aromatic N) is 3. The monoisotopic (exact) mass is 521 g/mol. The molecule has 0 aliphatic rings. The Morgan fingerprint density at radius 3 is 2.33 bits per heavy atom. The number of methoxy groups -OCH3 is 2. The Balaban J connectivity index is 1.42. The Morgan fingerprint density at radius 1 is 0.872 bits per heavy atom. The van der Waals surface area contributed by atoms with Gasteiger partial charge in [-0.2, -0.15) is 4.98 Å². The highest BCUT2D eigenvalue weighted by Crippen LogP contribution is 2.30. The molecule has 0 atom stereocenters. The van der Waals surface area contributed by atoms with Crippen molar-refractivity contribution >= 4 is 28.6 Å². The van der Waals surface area contributed by atoms with Crippen LogP contribution in [0.3, 0.4) is 0 Å². The number of nitrogens with one attached hydrogen (secondary N) is 2. The van der Waals surface area contributed by atoms with E-state index in [0.29, 0.717) is 46.6 Å². The van der Waals surface area contributed by atoms with Crippen LogP contribution in [0.15, 0.2) is 89.7 Å². The average molecular weight is 522 g/mol. The summed E-state index contributed by atoms with van der Waals surface area (Å²) in [5.74, 6) is 1.20. The van der Waals surface area contributed by atoms with Gasteiger partial charge >= 0.3 is 0 Å². The van der Waals surface area contributed by atoms with Crippen LogP contribution in [0.25, 0.3) is 16.7 Å².